The third kappa shape index (κ3) is 5.01. The summed E-state index contributed by atoms with van der Waals surface area (Å²) in [4.78, 5) is 25.8. The molecule has 0 bridgehead atoms. The lowest BCUT2D eigenvalue weighted by Crippen LogP contribution is -2.30. The standard InChI is InChI=1S/C17H19FN2O4S/c1-20(9-11-4-5-14(23-2)12(18)8-11)10-15(21)19-13-6-7-25-16(13)17(22)24-3/h4-8H,9-10H2,1-3H3,(H,19,21). The average Bonchev–Trinajstić information content (AvgIpc) is 3.02. The third-order valence-corrected chi connectivity index (χ3v) is 4.29. The number of thiophene rings is 1. The highest BCUT2D eigenvalue weighted by atomic mass is 32.1. The van der Waals surface area contributed by atoms with Crippen LogP contribution in [0.5, 0.6) is 5.75 Å². The van der Waals surface area contributed by atoms with E-state index in [0.717, 1.165) is 5.56 Å². The van der Waals surface area contributed by atoms with Gasteiger partial charge in [0.1, 0.15) is 4.88 Å². The Labute approximate surface area is 149 Å². The first-order valence-electron chi connectivity index (χ1n) is 7.41. The van der Waals surface area contributed by atoms with E-state index in [1.807, 2.05) is 0 Å². The van der Waals surface area contributed by atoms with Crippen LogP contribution in [0.2, 0.25) is 0 Å². The van der Waals surface area contributed by atoms with Crippen LogP contribution in [0.25, 0.3) is 0 Å². The number of rotatable bonds is 7. The van der Waals surface area contributed by atoms with E-state index in [9.17, 15) is 14.0 Å². The lowest BCUT2D eigenvalue weighted by molar-refractivity contribution is -0.117. The molecular formula is C17H19FN2O4S. The minimum absolute atomic E-state index is 0.0874. The number of ether oxygens (including phenoxy) is 2. The normalized spacial score (nSPS) is 10.6. The lowest BCUT2D eigenvalue weighted by Gasteiger charge is -2.17. The van der Waals surface area contributed by atoms with E-state index in [-0.39, 0.29) is 18.2 Å². The molecule has 1 N–H and O–H groups in total. The van der Waals surface area contributed by atoms with Gasteiger partial charge in [0, 0.05) is 6.54 Å². The Hall–Kier alpha value is -2.45. The molecule has 1 amide bonds. The largest absolute Gasteiger partial charge is 0.494 e. The summed E-state index contributed by atoms with van der Waals surface area (Å²) in [5.74, 6) is -1.04. The van der Waals surface area contributed by atoms with Crippen molar-refractivity contribution in [2.45, 2.75) is 6.54 Å². The van der Waals surface area contributed by atoms with Crippen LogP contribution < -0.4 is 10.1 Å². The highest BCUT2D eigenvalue weighted by Gasteiger charge is 2.16. The molecule has 0 radical (unpaired) electrons. The van der Waals surface area contributed by atoms with Gasteiger partial charge in [0.05, 0.1) is 26.5 Å². The molecule has 1 aromatic carbocycles. The average molecular weight is 366 g/mol. The highest BCUT2D eigenvalue weighted by molar-refractivity contribution is 7.12. The molecule has 1 aromatic heterocycles. The number of halogens is 1. The molecule has 0 aliphatic heterocycles. The van der Waals surface area contributed by atoms with Crippen molar-refractivity contribution >= 4 is 28.9 Å². The number of esters is 1. The van der Waals surface area contributed by atoms with Crippen LogP contribution in [0.4, 0.5) is 10.1 Å². The Balaban J connectivity index is 1.93. The molecule has 1 heterocycles. The molecule has 2 aromatic rings. The molecule has 0 aliphatic carbocycles. The van der Waals surface area contributed by atoms with E-state index in [1.165, 1.54) is 31.6 Å². The molecule has 2 rings (SSSR count). The van der Waals surface area contributed by atoms with Crippen molar-refractivity contribution in [3.8, 4) is 5.75 Å². The molecule has 0 spiro atoms. The minimum Gasteiger partial charge on any atom is -0.494 e. The van der Waals surface area contributed by atoms with Gasteiger partial charge >= 0.3 is 5.97 Å². The molecule has 6 nitrogen and oxygen atoms in total. The summed E-state index contributed by atoms with van der Waals surface area (Å²) in [5.41, 5.74) is 1.14. The maximum Gasteiger partial charge on any atom is 0.350 e. The number of hydrogen-bond donors (Lipinski definition) is 1. The predicted octanol–water partition coefficient (Wildman–Crippen LogP) is 2.75. The van der Waals surface area contributed by atoms with Gasteiger partial charge in [-0.25, -0.2) is 9.18 Å². The van der Waals surface area contributed by atoms with Gasteiger partial charge < -0.3 is 14.8 Å². The molecule has 0 fully saturated rings. The maximum absolute atomic E-state index is 13.7. The predicted molar refractivity (Wildman–Crippen MR) is 93.6 cm³/mol. The first kappa shape index (κ1) is 18.9. The zero-order chi connectivity index (χ0) is 18.4. The maximum atomic E-state index is 13.7. The van der Waals surface area contributed by atoms with Crippen molar-refractivity contribution in [1.29, 1.82) is 0 Å². The summed E-state index contributed by atoms with van der Waals surface area (Å²) in [6.45, 7) is 0.478. The number of carbonyl (C=O) groups excluding carboxylic acids is 2. The van der Waals surface area contributed by atoms with Crippen LogP contribution >= 0.6 is 11.3 Å². The summed E-state index contributed by atoms with van der Waals surface area (Å²) in [7, 11) is 4.44. The number of nitrogens with zero attached hydrogens (tertiary/aromatic N) is 1. The molecule has 0 aliphatic rings. The Bertz CT molecular complexity index is 763. The van der Waals surface area contributed by atoms with Crippen LogP contribution in [0.1, 0.15) is 15.2 Å². The van der Waals surface area contributed by atoms with E-state index in [2.05, 4.69) is 10.1 Å². The topological polar surface area (TPSA) is 67.9 Å². The van der Waals surface area contributed by atoms with Gasteiger partial charge in [0.25, 0.3) is 0 Å². The van der Waals surface area contributed by atoms with Crippen LogP contribution in [-0.4, -0.2) is 44.6 Å². The first-order chi connectivity index (χ1) is 11.9. The van der Waals surface area contributed by atoms with Crippen molar-refractivity contribution < 1.29 is 23.5 Å². The van der Waals surface area contributed by atoms with Gasteiger partial charge in [0.2, 0.25) is 5.91 Å². The summed E-state index contributed by atoms with van der Waals surface area (Å²) in [5, 5.41) is 4.39. The molecular weight excluding hydrogens is 347 g/mol. The molecule has 0 saturated heterocycles. The first-order valence-corrected chi connectivity index (χ1v) is 8.29. The molecule has 25 heavy (non-hydrogen) atoms. The zero-order valence-electron chi connectivity index (χ0n) is 14.2. The number of likely N-dealkylation sites (N-methyl/N-ethyl adjacent to an activating group) is 1. The smallest absolute Gasteiger partial charge is 0.350 e. The van der Waals surface area contributed by atoms with Crippen molar-refractivity contribution in [3.63, 3.8) is 0 Å². The molecule has 8 heteroatoms. The number of methoxy groups -OCH3 is 2. The van der Waals surface area contributed by atoms with Crippen LogP contribution in [-0.2, 0) is 16.1 Å². The fraction of sp³-hybridized carbons (Fsp3) is 0.294. The zero-order valence-corrected chi connectivity index (χ0v) is 15.0. The molecule has 0 unspecified atom stereocenters. The second-order valence-corrected chi connectivity index (χ2v) is 6.26. The van der Waals surface area contributed by atoms with Gasteiger partial charge in [-0.1, -0.05) is 6.07 Å². The van der Waals surface area contributed by atoms with Crippen molar-refractivity contribution in [3.05, 3.63) is 45.9 Å². The fourth-order valence-electron chi connectivity index (χ4n) is 2.27. The number of amides is 1. The summed E-state index contributed by atoms with van der Waals surface area (Å²) in [6, 6.07) is 6.31. The number of hydrogen-bond acceptors (Lipinski definition) is 6. The Morgan fingerprint density at radius 1 is 1.28 bits per heavy atom. The van der Waals surface area contributed by atoms with E-state index >= 15 is 0 Å². The molecule has 0 atom stereocenters. The van der Waals surface area contributed by atoms with Crippen molar-refractivity contribution in [2.24, 2.45) is 0 Å². The number of benzene rings is 1. The summed E-state index contributed by atoms with van der Waals surface area (Å²) < 4.78 is 23.3. The van der Waals surface area contributed by atoms with Crippen LogP contribution in [0.3, 0.4) is 0 Å². The summed E-state index contributed by atoms with van der Waals surface area (Å²) >= 11 is 1.19. The Kier molecular flexibility index (Phi) is 6.49. The van der Waals surface area contributed by atoms with Gasteiger partial charge in [-0.15, -0.1) is 11.3 Å². The molecule has 0 saturated carbocycles. The quantitative estimate of drug-likeness (QED) is 0.763. The van der Waals surface area contributed by atoms with E-state index in [0.29, 0.717) is 17.1 Å². The SMILES string of the molecule is COC(=O)c1sccc1NC(=O)CN(C)Cc1ccc(OC)c(F)c1. The van der Waals surface area contributed by atoms with Gasteiger partial charge in [-0.2, -0.15) is 0 Å². The second kappa shape index (κ2) is 8.59. The van der Waals surface area contributed by atoms with Crippen molar-refractivity contribution in [1.82, 2.24) is 4.90 Å². The Morgan fingerprint density at radius 2 is 2.04 bits per heavy atom. The third-order valence-electron chi connectivity index (χ3n) is 3.39. The Morgan fingerprint density at radius 3 is 2.68 bits per heavy atom. The lowest BCUT2D eigenvalue weighted by atomic mass is 10.2. The van der Waals surface area contributed by atoms with Crippen LogP contribution in [0, 0.1) is 5.82 Å². The van der Waals surface area contributed by atoms with Crippen LogP contribution in [0.15, 0.2) is 29.6 Å². The number of anilines is 1. The minimum atomic E-state index is -0.493. The second-order valence-electron chi connectivity index (χ2n) is 5.34. The monoisotopic (exact) mass is 366 g/mol. The van der Waals surface area contributed by atoms with Gasteiger partial charge in [-0.3, -0.25) is 9.69 Å². The van der Waals surface area contributed by atoms with Gasteiger partial charge in [-0.05, 0) is 36.2 Å². The van der Waals surface area contributed by atoms with E-state index in [4.69, 9.17) is 4.74 Å². The van der Waals surface area contributed by atoms with E-state index < -0.39 is 11.8 Å². The number of nitrogens with one attached hydrogen (secondary N) is 1. The number of carbonyl (C=O) groups is 2. The van der Waals surface area contributed by atoms with Gasteiger partial charge in [0.15, 0.2) is 11.6 Å². The van der Waals surface area contributed by atoms with E-state index in [1.54, 1.807) is 35.5 Å². The molecule has 134 valence electrons. The summed E-state index contributed by atoms with van der Waals surface area (Å²) in [6.07, 6.45) is 0. The fourth-order valence-corrected chi connectivity index (χ4v) is 3.03. The van der Waals surface area contributed by atoms with Crippen molar-refractivity contribution in [2.75, 3.05) is 33.1 Å². The highest BCUT2D eigenvalue weighted by Crippen LogP contribution is 2.23.